The van der Waals surface area contributed by atoms with Gasteiger partial charge in [0.25, 0.3) is 11.1 Å². The van der Waals surface area contributed by atoms with Gasteiger partial charge in [0.1, 0.15) is 6.54 Å². The van der Waals surface area contributed by atoms with E-state index in [1.54, 1.807) is 11.8 Å². The smallest absolute Gasteiger partial charge is 0.346 e. The molecule has 0 bridgehead atoms. The molecule has 0 aliphatic rings. The van der Waals surface area contributed by atoms with Crippen LogP contribution in [0.5, 0.6) is 0 Å². The van der Waals surface area contributed by atoms with Crippen molar-refractivity contribution in [3.63, 3.8) is 0 Å². The summed E-state index contributed by atoms with van der Waals surface area (Å²) < 4.78 is 6.63. The van der Waals surface area contributed by atoms with Crippen LogP contribution in [0.25, 0.3) is 21.5 Å². The fourth-order valence-corrected chi connectivity index (χ4v) is 6.52. The van der Waals surface area contributed by atoms with Crippen LogP contribution in [0.15, 0.2) is 60.0 Å². The maximum absolute atomic E-state index is 12.9. The topological polar surface area (TPSA) is 119 Å². The summed E-state index contributed by atoms with van der Waals surface area (Å²) in [5.41, 5.74) is -0.308. The molecular weight excluding hydrogens is 608 g/mol. The van der Waals surface area contributed by atoms with Crippen LogP contribution in [0.2, 0.25) is 0 Å². The number of unbranched alkanes of at least 4 members (excludes halogenated alkanes) is 9. The largest absolute Gasteiger partial charge is 0.386 e. The summed E-state index contributed by atoms with van der Waals surface area (Å²) in [7, 11) is 4.59. The van der Waals surface area contributed by atoms with Gasteiger partial charge in [-0.3, -0.25) is 19.0 Å². The van der Waals surface area contributed by atoms with E-state index in [0.717, 1.165) is 27.7 Å². The van der Waals surface area contributed by atoms with Crippen molar-refractivity contribution in [2.45, 2.75) is 97.7 Å². The van der Waals surface area contributed by atoms with Gasteiger partial charge in [-0.15, -0.1) is 0 Å². The lowest BCUT2D eigenvalue weighted by Crippen LogP contribution is -2.39. The molecule has 1 N–H and O–H groups in total. The standard InChI is InChI=1S/C38H53N4O6/c1-5-6-7-8-9-10-11-12-13-14-23-42(3,4)27-30-17-15-29(16-18-30)26-40(28(2)43)21-19-39-20-22-41-35(44)31-24-33-34(25-32(31)36(41)45)38(47)48-37(33)46/h15-18,24-25,39H,5-14,19-23,26-27H2,1-4H3/q+1. The number of benzene rings is 2. The Bertz CT molecular complexity index is 1770. The number of aromatic nitrogens is 1. The first-order valence-electron chi connectivity index (χ1n) is 17.7. The maximum atomic E-state index is 12.9. The maximum Gasteiger partial charge on any atom is 0.346 e. The van der Waals surface area contributed by atoms with Gasteiger partial charge >= 0.3 is 11.3 Å². The van der Waals surface area contributed by atoms with Gasteiger partial charge in [-0.05, 0) is 30.5 Å². The minimum Gasteiger partial charge on any atom is -0.386 e. The molecule has 0 saturated carbocycles. The van der Waals surface area contributed by atoms with Crippen molar-refractivity contribution in [2.75, 3.05) is 40.3 Å². The molecule has 10 heteroatoms. The molecule has 2 aromatic carbocycles. The molecule has 0 atom stereocenters. The van der Waals surface area contributed by atoms with Crippen molar-refractivity contribution in [2.24, 2.45) is 0 Å². The SMILES string of the molecule is CCCCCCCCCCCC[N+](C)(C)Cc1ccc(CN(CCNCCn2c(=O)c3cc4c(=O)oc(=O)c4cc3c2=O)C(C)=O)cc1. The molecule has 1 amide bonds. The highest BCUT2D eigenvalue weighted by atomic mass is 16.4. The third-order valence-electron chi connectivity index (χ3n) is 9.37. The molecule has 260 valence electrons. The zero-order valence-corrected chi connectivity index (χ0v) is 29.3. The van der Waals surface area contributed by atoms with E-state index >= 15 is 0 Å². The highest BCUT2D eigenvalue weighted by molar-refractivity contribution is 5.97. The summed E-state index contributed by atoms with van der Waals surface area (Å²) >= 11 is 0. The molecule has 2 aromatic heterocycles. The van der Waals surface area contributed by atoms with E-state index in [2.05, 4.69) is 55.0 Å². The molecule has 4 rings (SSSR count). The van der Waals surface area contributed by atoms with E-state index in [4.69, 9.17) is 0 Å². The number of rotatable bonds is 21. The molecule has 0 saturated heterocycles. The van der Waals surface area contributed by atoms with Crippen LogP contribution in [0.3, 0.4) is 0 Å². The van der Waals surface area contributed by atoms with E-state index in [9.17, 15) is 24.0 Å². The normalized spacial score (nSPS) is 12.0. The first-order chi connectivity index (χ1) is 23.0. The average Bonchev–Trinajstić information content (AvgIpc) is 3.46. The number of fused-ring (bicyclic) bond motifs is 2. The van der Waals surface area contributed by atoms with Crippen molar-refractivity contribution in [3.8, 4) is 0 Å². The number of carbonyl (C=O) groups excluding carboxylic acids is 1. The number of amides is 1. The van der Waals surface area contributed by atoms with Crippen LogP contribution in [0.1, 0.15) is 89.2 Å². The second-order valence-corrected chi connectivity index (χ2v) is 13.9. The first kappa shape index (κ1) is 36.9. The van der Waals surface area contributed by atoms with Crippen LogP contribution in [-0.2, 0) is 24.4 Å². The Morgan fingerprint density at radius 3 is 1.81 bits per heavy atom. The average molecular weight is 662 g/mol. The van der Waals surface area contributed by atoms with Crippen molar-refractivity contribution in [1.82, 2.24) is 14.8 Å². The molecule has 0 fully saturated rings. The predicted molar refractivity (Wildman–Crippen MR) is 192 cm³/mol. The Balaban J connectivity index is 1.18. The van der Waals surface area contributed by atoms with Gasteiger partial charge in [-0.2, -0.15) is 0 Å². The van der Waals surface area contributed by atoms with Crippen molar-refractivity contribution in [1.29, 1.82) is 0 Å². The minimum atomic E-state index is -0.817. The van der Waals surface area contributed by atoms with E-state index in [0.29, 0.717) is 26.2 Å². The van der Waals surface area contributed by atoms with E-state index < -0.39 is 22.4 Å². The van der Waals surface area contributed by atoms with Gasteiger partial charge in [-0.25, -0.2) is 9.59 Å². The number of nitrogens with one attached hydrogen (secondary N) is 1. The molecular formula is C38H53N4O6+. The van der Waals surface area contributed by atoms with Crippen LogP contribution in [0.4, 0.5) is 0 Å². The van der Waals surface area contributed by atoms with Gasteiger partial charge < -0.3 is 19.1 Å². The summed E-state index contributed by atoms with van der Waals surface area (Å²) in [5, 5.41) is 3.40. The molecule has 4 aromatic rings. The number of hydrogen-bond donors (Lipinski definition) is 1. The molecule has 0 spiro atoms. The fourth-order valence-electron chi connectivity index (χ4n) is 6.52. The van der Waals surface area contributed by atoms with Gasteiger partial charge in [0, 0.05) is 45.2 Å². The Kier molecular flexibility index (Phi) is 13.5. The fraction of sp³-hybridized carbons (Fsp3) is 0.553. The van der Waals surface area contributed by atoms with Crippen LogP contribution < -0.4 is 27.7 Å². The van der Waals surface area contributed by atoms with Gasteiger partial charge in [0.15, 0.2) is 0 Å². The Morgan fingerprint density at radius 1 is 0.750 bits per heavy atom. The van der Waals surface area contributed by atoms with Crippen molar-refractivity contribution in [3.05, 3.63) is 89.1 Å². The third kappa shape index (κ3) is 10.1. The van der Waals surface area contributed by atoms with Gasteiger partial charge in [0.2, 0.25) is 5.91 Å². The summed E-state index contributed by atoms with van der Waals surface area (Å²) in [6.07, 6.45) is 13.5. The van der Waals surface area contributed by atoms with Crippen LogP contribution in [-0.4, -0.2) is 60.1 Å². The zero-order valence-electron chi connectivity index (χ0n) is 29.3. The second kappa shape index (κ2) is 17.5. The van der Waals surface area contributed by atoms with Gasteiger partial charge in [-0.1, -0.05) is 82.6 Å². The Morgan fingerprint density at radius 2 is 1.27 bits per heavy atom. The molecule has 10 nitrogen and oxygen atoms in total. The number of furan rings is 1. The molecule has 0 aliphatic heterocycles. The summed E-state index contributed by atoms with van der Waals surface area (Å²) in [5.74, 6) is -0.0309. The number of hydrogen-bond acceptors (Lipinski definition) is 7. The highest BCUT2D eigenvalue weighted by Crippen LogP contribution is 2.16. The van der Waals surface area contributed by atoms with E-state index in [1.807, 2.05) is 0 Å². The third-order valence-corrected chi connectivity index (χ3v) is 9.37. The predicted octanol–water partition coefficient (Wildman–Crippen LogP) is 4.84. The second-order valence-electron chi connectivity index (χ2n) is 13.9. The highest BCUT2D eigenvalue weighted by Gasteiger charge is 2.19. The van der Waals surface area contributed by atoms with Gasteiger partial charge in [0.05, 0.1) is 42.2 Å². The molecule has 0 radical (unpaired) electrons. The van der Waals surface area contributed by atoms with E-state index in [-0.39, 0.29) is 34.0 Å². The van der Waals surface area contributed by atoms with Crippen LogP contribution in [0, 0.1) is 0 Å². The Hall–Kier alpha value is -3.89. The number of carbonyl (C=O) groups is 1. The molecule has 48 heavy (non-hydrogen) atoms. The molecule has 0 aliphatic carbocycles. The summed E-state index contributed by atoms with van der Waals surface area (Å²) in [4.78, 5) is 63.6. The minimum absolute atomic E-state index is 0.00133. The van der Waals surface area contributed by atoms with Crippen LogP contribution >= 0.6 is 0 Å². The summed E-state index contributed by atoms with van der Waals surface area (Å²) in [6.45, 7) is 7.86. The summed E-state index contributed by atoms with van der Waals surface area (Å²) in [6, 6.07) is 11.1. The number of quaternary nitrogens is 1. The van der Waals surface area contributed by atoms with E-state index in [1.165, 1.54) is 81.9 Å². The molecule has 0 unspecified atom stereocenters. The lowest BCUT2D eigenvalue weighted by molar-refractivity contribution is -0.903. The quantitative estimate of drug-likeness (QED) is 0.100. The monoisotopic (exact) mass is 661 g/mol. The van der Waals surface area contributed by atoms with Crippen molar-refractivity contribution >= 4 is 27.5 Å². The first-order valence-corrected chi connectivity index (χ1v) is 17.7. The number of nitrogens with zero attached hydrogens (tertiary/aromatic N) is 3. The zero-order chi connectivity index (χ0) is 34.7. The Labute approximate surface area is 282 Å². The van der Waals surface area contributed by atoms with Crippen molar-refractivity contribution < 1.29 is 13.7 Å². The lowest BCUT2D eigenvalue weighted by Gasteiger charge is -2.30. The molecule has 2 heterocycles. The lowest BCUT2D eigenvalue weighted by atomic mass is 10.1.